The summed E-state index contributed by atoms with van der Waals surface area (Å²) in [7, 11) is 0. The Morgan fingerprint density at radius 3 is 1.12 bits per heavy atom. The van der Waals surface area contributed by atoms with Crippen LogP contribution in [-0.4, -0.2) is 54.0 Å². The third kappa shape index (κ3) is 7.34. The van der Waals surface area contributed by atoms with Gasteiger partial charge in [-0.15, -0.1) is 0 Å². The molecule has 5 aromatic heterocycles. The third-order valence-corrected chi connectivity index (χ3v) is 13.2. The quantitative estimate of drug-likeness (QED) is 0.146. The Hall–Kier alpha value is -9.61. The number of aryl methyl sites for hydroxylation is 4. The summed E-state index contributed by atoms with van der Waals surface area (Å²) in [6.45, 7) is 7.62. The fraction of sp³-hybridized carbons (Fsp3) is 0.0656. The van der Waals surface area contributed by atoms with Gasteiger partial charge in [0.05, 0.1) is 33.4 Å². The number of benzene rings is 8. The number of nitrogens with zero attached hydrogens (tertiary/aromatic N) is 11. The summed E-state index contributed by atoms with van der Waals surface area (Å²) in [5.41, 5.74) is 12.8. The minimum atomic E-state index is 0.564. The number of rotatable bonds is 8. The van der Waals surface area contributed by atoms with Crippen LogP contribution in [0.25, 0.3) is 123 Å². The van der Waals surface area contributed by atoms with E-state index >= 15 is 0 Å². The van der Waals surface area contributed by atoms with Gasteiger partial charge in [0, 0.05) is 60.5 Å². The summed E-state index contributed by atoms with van der Waals surface area (Å²) in [5.74, 6) is 5.80. The molecule has 0 radical (unpaired) electrons. The minimum absolute atomic E-state index is 0.564. The van der Waals surface area contributed by atoms with Crippen molar-refractivity contribution < 1.29 is 0 Å². The van der Waals surface area contributed by atoms with Crippen molar-refractivity contribution in [2.45, 2.75) is 27.7 Å². The zero-order chi connectivity index (χ0) is 48.5. The van der Waals surface area contributed by atoms with Gasteiger partial charge in [0.2, 0.25) is 0 Å². The van der Waals surface area contributed by atoms with Gasteiger partial charge in [0.15, 0.2) is 29.1 Å². The molecule has 0 amide bonds. The fourth-order valence-electron chi connectivity index (χ4n) is 10.2. The van der Waals surface area contributed by atoms with Crippen LogP contribution in [-0.2, 0) is 0 Å². The van der Waals surface area contributed by atoms with Gasteiger partial charge in [-0.1, -0.05) is 127 Å². The average Bonchev–Trinajstić information content (AvgIpc) is 3.92. The first kappa shape index (κ1) is 42.5. The van der Waals surface area contributed by atoms with Gasteiger partial charge in [0.25, 0.3) is 0 Å². The van der Waals surface area contributed by atoms with Crippen molar-refractivity contribution in [1.29, 1.82) is 0 Å². The Labute approximate surface area is 414 Å². The maximum Gasteiger partial charge on any atom is 0.164 e. The molecule has 0 saturated carbocycles. The number of para-hydroxylation sites is 3. The van der Waals surface area contributed by atoms with E-state index in [4.69, 9.17) is 34.9 Å². The van der Waals surface area contributed by atoms with E-state index in [1.54, 1.807) is 0 Å². The van der Waals surface area contributed by atoms with E-state index < -0.39 is 0 Å². The molecule has 11 nitrogen and oxygen atoms in total. The van der Waals surface area contributed by atoms with Gasteiger partial charge >= 0.3 is 0 Å². The SMILES string of the molecule is Cc1nc(C)nc(-c2ccc3c(c2)c2ccccc2n3-c2ccccc2-c2ccc(-c3nc(-c4ccccc4)nc(-c4ccccc4)n3)cc2-n2c3ccccc3c3cc(-c4nc(C)nc(C)n4)ccc32)n1. The number of hydrogen-bond donors (Lipinski definition) is 0. The fourth-order valence-corrected chi connectivity index (χ4v) is 10.2. The number of fused-ring (bicyclic) bond motifs is 6. The highest BCUT2D eigenvalue weighted by atomic mass is 15.1. The molecule has 342 valence electrons. The van der Waals surface area contributed by atoms with Crippen LogP contribution in [0.5, 0.6) is 0 Å². The van der Waals surface area contributed by atoms with Crippen molar-refractivity contribution in [3.8, 4) is 79.4 Å². The average molecular weight is 930 g/mol. The Morgan fingerprint density at radius 2 is 0.611 bits per heavy atom. The molecule has 0 bridgehead atoms. The Morgan fingerprint density at radius 1 is 0.250 bits per heavy atom. The molecule has 0 N–H and O–H groups in total. The summed E-state index contributed by atoms with van der Waals surface area (Å²) in [4.78, 5) is 43.3. The zero-order valence-corrected chi connectivity index (χ0v) is 39.8. The van der Waals surface area contributed by atoms with Crippen LogP contribution in [0.3, 0.4) is 0 Å². The number of aromatic nitrogens is 11. The first-order valence-electron chi connectivity index (χ1n) is 23.9. The molecule has 0 aliphatic rings. The van der Waals surface area contributed by atoms with Crippen LogP contribution in [0, 0.1) is 27.7 Å². The van der Waals surface area contributed by atoms with Crippen molar-refractivity contribution in [3.05, 3.63) is 211 Å². The molecule has 0 aliphatic heterocycles. The van der Waals surface area contributed by atoms with E-state index in [0.29, 0.717) is 52.4 Å². The van der Waals surface area contributed by atoms with Crippen molar-refractivity contribution in [1.82, 2.24) is 54.0 Å². The lowest BCUT2D eigenvalue weighted by atomic mass is 9.98. The lowest BCUT2D eigenvalue weighted by Gasteiger charge is -2.19. The predicted molar refractivity (Wildman–Crippen MR) is 287 cm³/mol. The molecule has 0 saturated heterocycles. The van der Waals surface area contributed by atoms with Crippen molar-refractivity contribution in [2.75, 3.05) is 0 Å². The summed E-state index contributed by atoms with van der Waals surface area (Å²) in [6, 6.07) is 65.7. The van der Waals surface area contributed by atoms with Crippen LogP contribution in [0.2, 0.25) is 0 Å². The monoisotopic (exact) mass is 929 g/mol. The van der Waals surface area contributed by atoms with Crippen molar-refractivity contribution in [3.63, 3.8) is 0 Å². The van der Waals surface area contributed by atoms with E-state index in [9.17, 15) is 0 Å². The molecule has 8 aromatic carbocycles. The maximum atomic E-state index is 5.21. The molecule has 11 heteroatoms. The standard InChI is InChI=1S/C61H43N11/c1-36-62-37(2)65-59(64-36)42-28-31-54-49(33-42)46-22-12-15-25-52(46)71(54)51-24-14-11-21-45(51)48-30-27-44(61-69-57(40-17-7-5-8-18-40)68-58(70-61)41-19-9-6-10-20-41)35-56(48)72-53-26-16-13-23-47(53)50-34-43(29-32-55(50)72)60-66-38(3)63-39(4)67-60/h5-35H,1-4H3. The van der Waals surface area contributed by atoms with Crippen LogP contribution in [0.1, 0.15) is 23.3 Å². The molecule has 5 heterocycles. The van der Waals surface area contributed by atoms with Crippen LogP contribution < -0.4 is 0 Å². The van der Waals surface area contributed by atoms with Gasteiger partial charge in [0.1, 0.15) is 23.3 Å². The van der Waals surface area contributed by atoms with E-state index in [2.05, 4.69) is 146 Å². The molecule has 0 fully saturated rings. The molecule has 13 aromatic rings. The highest BCUT2D eigenvalue weighted by Crippen LogP contribution is 2.43. The highest BCUT2D eigenvalue weighted by molar-refractivity contribution is 6.12. The molecule has 0 atom stereocenters. The largest absolute Gasteiger partial charge is 0.309 e. The van der Waals surface area contributed by atoms with E-state index in [0.717, 1.165) is 93.9 Å². The summed E-state index contributed by atoms with van der Waals surface area (Å²) >= 11 is 0. The van der Waals surface area contributed by atoms with Gasteiger partial charge in [-0.2, -0.15) is 0 Å². The molecule has 0 spiro atoms. The maximum absolute atomic E-state index is 5.21. The second-order valence-corrected chi connectivity index (χ2v) is 18.0. The smallest absolute Gasteiger partial charge is 0.164 e. The summed E-state index contributed by atoms with van der Waals surface area (Å²) in [6.07, 6.45) is 0. The van der Waals surface area contributed by atoms with Crippen LogP contribution >= 0.6 is 0 Å². The normalized spacial score (nSPS) is 11.6. The molecular weight excluding hydrogens is 887 g/mol. The van der Waals surface area contributed by atoms with E-state index in [-0.39, 0.29) is 0 Å². The van der Waals surface area contributed by atoms with E-state index in [1.807, 2.05) is 88.4 Å². The van der Waals surface area contributed by atoms with Gasteiger partial charge in [-0.25, -0.2) is 44.9 Å². The second kappa shape index (κ2) is 17.1. The Balaban J connectivity index is 1.08. The number of hydrogen-bond acceptors (Lipinski definition) is 9. The summed E-state index contributed by atoms with van der Waals surface area (Å²) < 4.78 is 4.76. The Bertz CT molecular complexity index is 4180. The van der Waals surface area contributed by atoms with Gasteiger partial charge in [-0.05, 0) is 88.4 Å². The second-order valence-electron chi connectivity index (χ2n) is 18.0. The first-order valence-corrected chi connectivity index (χ1v) is 23.9. The Kier molecular flexibility index (Phi) is 10.1. The molecule has 0 unspecified atom stereocenters. The lowest BCUT2D eigenvalue weighted by Crippen LogP contribution is -2.04. The van der Waals surface area contributed by atoms with Crippen molar-refractivity contribution in [2.24, 2.45) is 0 Å². The van der Waals surface area contributed by atoms with Crippen LogP contribution in [0.15, 0.2) is 188 Å². The lowest BCUT2D eigenvalue weighted by molar-refractivity contribution is 0.928. The highest BCUT2D eigenvalue weighted by Gasteiger charge is 2.23. The van der Waals surface area contributed by atoms with Crippen molar-refractivity contribution >= 4 is 43.6 Å². The van der Waals surface area contributed by atoms with E-state index in [1.165, 1.54) is 0 Å². The predicted octanol–water partition coefficient (Wildman–Crippen LogP) is 13.7. The third-order valence-electron chi connectivity index (χ3n) is 13.2. The van der Waals surface area contributed by atoms with Gasteiger partial charge < -0.3 is 9.13 Å². The topological polar surface area (TPSA) is 126 Å². The summed E-state index contributed by atoms with van der Waals surface area (Å²) in [5, 5.41) is 4.40. The molecule has 13 rings (SSSR count). The molecular formula is C61H43N11. The first-order chi connectivity index (χ1) is 35.3. The molecule has 72 heavy (non-hydrogen) atoms. The molecule has 0 aliphatic carbocycles. The van der Waals surface area contributed by atoms with Gasteiger partial charge in [-0.3, -0.25) is 0 Å². The van der Waals surface area contributed by atoms with Crippen LogP contribution in [0.4, 0.5) is 0 Å². The minimum Gasteiger partial charge on any atom is -0.309 e. The zero-order valence-electron chi connectivity index (χ0n) is 39.8.